The molecular formula is C12H8ClF3N2. The van der Waals surface area contributed by atoms with Crippen LogP contribution in [0.1, 0.15) is 11.4 Å². The molecule has 0 atom stereocenters. The van der Waals surface area contributed by atoms with Gasteiger partial charge >= 0.3 is 0 Å². The quantitative estimate of drug-likeness (QED) is 0.737. The van der Waals surface area contributed by atoms with Crippen molar-refractivity contribution in [3.63, 3.8) is 0 Å². The third-order valence-electron chi connectivity index (χ3n) is 2.53. The van der Waals surface area contributed by atoms with Crippen LogP contribution in [0.2, 0.25) is 5.15 Å². The summed E-state index contributed by atoms with van der Waals surface area (Å²) in [5.41, 5.74) is 0.913. The molecule has 0 aliphatic heterocycles. The average Bonchev–Trinajstić information content (AvgIpc) is 2.29. The van der Waals surface area contributed by atoms with Gasteiger partial charge in [0.25, 0.3) is 0 Å². The van der Waals surface area contributed by atoms with E-state index in [2.05, 4.69) is 9.97 Å². The molecule has 0 saturated heterocycles. The molecule has 1 aromatic heterocycles. The number of halogens is 4. The molecule has 0 radical (unpaired) electrons. The molecule has 6 heteroatoms. The minimum absolute atomic E-state index is 0.00355. The second-order valence-electron chi connectivity index (χ2n) is 3.78. The maximum Gasteiger partial charge on any atom is 0.161 e. The van der Waals surface area contributed by atoms with Crippen molar-refractivity contribution in [3.05, 3.63) is 46.1 Å². The highest BCUT2D eigenvalue weighted by molar-refractivity contribution is 6.31. The summed E-state index contributed by atoms with van der Waals surface area (Å²) >= 11 is 5.84. The molecule has 0 spiro atoms. The zero-order valence-electron chi connectivity index (χ0n) is 9.56. The fourth-order valence-electron chi connectivity index (χ4n) is 1.45. The first-order valence-electron chi connectivity index (χ1n) is 5.06. The van der Waals surface area contributed by atoms with Crippen LogP contribution in [0.15, 0.2) is 12.1 Å². The predicted molar refractivity (Wildman–Crippen MR) is 61.8 cm³/mol. The number of nitrogens with zero attached hydrogens (tertiary/aromatic N) is 2. The fourth-order valence-corrected chi connectivity index (χ4v) is 1.72. The van der Waals surface area contributed by atoms with Gasteiger partial charge in [-0.25, -0.2) is 23.1 Å². The van der Waals surface area contributed by atoms with E-state index in [0.29, 0.717) is 17.5 Å². The van der Waals surface area contributed by atoms with Gasteiger partial charge in [0.2, 0.25) is 0 Å². The molecule has 2 rings (SSSR count). The van der Waals surface area contributed by atoms with Crippen LogP contribution in [0.25, 0.3) is 11.3 Å². The van der Waals surface area contributed by atoms with E-state index in [1.807, 2.05) is 0 Å². The van der Waals surface area contributed by atoms with Crippen molar-refractivity contribution in [2.75, 3.05) is 0 Å². The first-order chi connectivity index (χ1) is 8.40. The summed E-state index contributed by atoms with van der Waals surface area (Å²) in [6.45, 7) is 3.36. The lowest BCUT2D eigenvalue weighted by atomic mass is 10.1. The van der Waals surface area contributed by atoms with Crippen LogP contribution in [0.3, 0.4) is 0 Å². The van der Waals surface area contributed by atoms with Crippen LogP contribution in [0, 0.1) is 31.3 Å². The molecule has 0 unspecified atom stereocenters. The number of hydrogen-bond acceptors (Lipinski definition) is 2. The van der Waals surface area contributed by atoms with Gasteiger partial charge in [-0.05, 0) is 19.9 Å². The van der Waals surface area contributed by atoms with Gasteiger partial charge in [-0.1, -0.05) is 11.6 Å². The van der Waals surface area contributed by atoms with E-state index in [1.54, 1.807) is 13.8 Å². The Morgan fingerprint density at radius 1 is 0.889 bits per heavy atom. The summed E-state index contributed by atoms with van der Waals surface area (Å²) in [7, 11) is 0. The fraction of sp³-hybridized carbons (Fsp3) is 0.167. The number of hydrogen-bond donors (Lipinski definition) is 0. The van der Waals surface area contributed by atoms with E-state index in [-0.39, 0.29) is 16.4 Å². The molecule has 94 valence electrons. The van der Waals surface area contributed by atoms with E-state index >= 15 is 0 Å². The molecule has 2 aromatic rings. The predicted octanol–water partition coefficient (Wildman–Crippen LogP) is 3.83. The highest BCUT2D eigenvalue weighted by atomic mass is 35.5. The SMILES string of the molecule is Cc1nc(Cl)c(-c2cc(F)c(F)cc2F)nc1C. The van der Waals surface area contributed by atoms with Gasteiger partial charge < -0.3 is 0 Å². The van der Waals surface area contributed by atoms with Crippen molar-refractivity contribution in [2.24, 2.45) is 0 Å². The molecule has 18 heavy (non-hydrogen) atoms. The van der Waals surface area contributed by atoms with Crippen LogP contribution in [0.5, 0.6) is 0 Å². The third kappa shape index (κ3) is 2.18. The van der Waals surface area contributed by atoms with Gasteiger partial charge in [-0.15, -0.1) is 0 Å². The van der Waals surface area contributed by atoms with Gasteiger partial charge in [0, 0.05) is 11.6 Å². The summed E-state index contributed by atoms with van der Waals surface area (Å²) < 4.78 is 39.6. The summed E-state index contributed by atoms with van der Waals surface area (Å²) in [6, 6.07) is 1.17. The number of aromatic nitrogens is 2. The highest BCUT2D eigenvalue weighted by Gasteiger charge is 2.17. The van der Waals surface area contributed by atoms with Crippen molar-refractivity contribution in [1.29, 1.82) is 0 Å². The van der Waals surface area contributed by atoms with E-state index in [1.165, 1.54) is 0 Å². The highest BCUT2D eigenvalue weighted by Crippen LogP contribution is 2.29. The molecule has 0 aliphatic rings. The van der Waals surface area contributed by atoms with Crippen molar-refractivity contribution in [1.82, 2.24) is 9.97 Å². The number of benzene rings is 1. The maximum atomic E-state index is 13.6. The number of rotatable bonds is 1. The van der Waals surface area contributed by atoms with Gasteiger partial charge in [0.05, 0.1) is 11.4 Å². The van der Waals surface area contributed by atoms with Gasteiger partial charge in [0.15, 0.2) is 16.8 Å². The zero-order valence-corrected chi connectivity index (χ0v) is 10.3. The number of aryl methyl sites for hydroxylation is 2. The van der Waals surface area contributed by atoms with Crippen LogP contribution >= 0.6 is 11.6 Å². The summed E-state index contributed by atoms with van der Waals surface area (Å²) in [4.78, 5) is 8.01. The molecule has 0 aliphatic carbocycles. The average molecular weight is 273 g/mol. The molecule has 0 bridgehead atoms. The monoisotopic (exact) mass is 272 g/mol. The van der Waals surface area contributed by atoms with Crippen molar-refractivity contribution < 1.29 is 13.2 Å². The molecule has 0 saturated carbocycles. The Hall–Kier alpha value is -1.62. The lowest BCUT2D eigenvalue weighted by Crippen LogP contribution is -1.99. The Kier molecular flexibility index (Phi) is 3.26. The van der Waals surface area contributed by atoms with Crippen LogP contribution in [0.4, 0.5) is 13.2 Å². The molecule has 2 nitrogen and oxygen atoms in total. The summed E-state index contributed by atoms with van der Waals surface area (Å²) in [5, 5.41) is -0.0528. The minimum atomic E-state index is -1.26. The van der Waals surface area contributed by atoms with Gasteiger partial charge in [-0.3, -0.25) is 0 Å². The Morgan fingerprint density at radius 3 is 2.11 bits per heavy atom. The zero-order chi connectivity index (χ0) is 13.4. The smallest absolute Gasteiger partial charge is 0.161 e. The van der Waals surface area contributed by atoms with Crippen LogP contribution < -0.4 is 0 Å². The Labute approximate surface area is 106 Å². The molecule has 0 amide bonds. The Bertz CT molecular complexity index is 574. The van der Waals surface area contributed by atoms with Gasteiger partial charge in [0.1, 0.15) is 11.5 Å². The molecule has 0 N–H and O–H groups in total. The topological polar surface area (TPSA) is 25.8 Å². The molecule has 1 heterocycles. The Morgan fingerprint density at radius 2 is 1.44 bits per heavy atom. The third-order valence-corrected chi connectivity index (χ3v) is 2.79. The molecular weight excluding hydrogens is 265 g/mol. The summed E-state index contributed by atoms with van der Waals surface area (Å²) in [6.07, 6.45) is 0. The first kappa shape index (κ1) is 12.8. The summed E-state index contributed by atoms with van der Waals surface area (Å²) in [5.74, 6) is -3.36. The van der Waals surface area contributed by atoms with Crippen molar-refractivity contribution in [2.45, 2.75) is 13.8 Å². The van der Waals surface area contributed by atoms with Gasteiger partial charge in [-0.2, -0.15) is 0 Å². The van der Waals surface area contributed by atoms with Crippen molar-refractivity contribution >= 4 is 11.6 Å². The molecule has 0 fully saturated rings. The maximum absolute atomic E-state index is 13.6. The first-order valence-corrected chi connectivity index (χ1v) is 5.43. The second-order valence-corrected chi connectivity index (χ2v) is 4.14. The van der Waals surface area contributed by atoms with Crippen LogP contribution in [-0.4, -0.2) is 9.97 Å². The van der Waals surface area contributed by atoms with E-state index in [0.717, 1.165) is 6.07 Å². The lowest BCUT2D eigenvalue weighted by Gasteiger charge is -2.08. The van der Waals surface area contributed by atoms with Crippen molar-refractivity contribution in [3.8, 4) is 11.3 Å². The standard InChI is InChI=1S/C12H8ClF3N2/c1-5-6(2)18-12(13)11(17-5)7-3-9(15)10(16)4-8(7)14/h3-4H,1-2H3. The van der Waals surface area contributed by atoms with E-state index in [4.69, 9.17) is 11.6 Å². The normalized spacial score (nSPS) is 10.8. The van der Waals surface area contributed by atoms with E-state index < -0.39 is 17.5 Å². The van der Waals surface area contributed by atoms with Crippen LogP contribution in [-0.2, 0) is 0 Å². The Balaban J connectivity index is 2.69. The largest absolute Gasteiger partial charge is 0.248 e. The molecule has 1 aromatic carbocycles. The lowest BCUT2D eigenvalue weighted by molar-refractivity contribution is 0.496. The second kappa shape index (κ2) is 4.57. The minimum Gasteiger partial charge on any atom is -0.248 e. The van der Waals surface area contributed by atoms with E-state index in [9.17, 15) is 13.2 Å².